The number of anilines is 1. The molecule has 2 saturated heterocycles. The van der Waals surface area contributed by atoms with Crippen LogP contribution in [0.3, 0.4) is 0 Å². The Bertz CT molecular complexity index is 1180. The second-order valence-electron chi connectivity index (χ2n) is 8.85. The first-order valence-electron chi connectivity index (χ1n) is 11.2. The maximum Gasteiger partial charge on any atom is 0.266 e. The second kappa shape index (κ2) is 7.33. The van der Waals surface area contributed by atoms with Crippen LogP contribution in [0.1, 0.15) is 45.1 Å². The molecular weight excluding hydrogens is 426 g/mol. The number of hydrogen-bond donors (Lipinski definition) is 1. The first kappa shape index (κ1) is 21.0. The average Bonchev–Trinajstić information content (AvgIpc) is 3.27. The Labute approximate surface area is 188 Å². The van der Waals surface area contributed by atoms with Crippen LogP contribution >= 0.6 is 0 Å². The number of nitrogens with one attached hydrogen (secondary N) is 1. The van der Waals surface area contributed by atoms with Gasteiger partial charge >= 0.3 is 0 Å². The highest BCUT2D eigenvalue weighted by Gasteiger charge is 2.66. The van der Waals surface area contributed by atoms with Crippen LogP contribution in [0, 0.1) is 0 Å². The van der Waals surface area contributed by atoms with Crippen molar-refractivity contribution >= 4 is 27.5 Å². The standard InChI is InChI=1S/C24H27N3O4S/c1-3-14-24-15-20-21(28)25-18(4-2)22(29)26(20)23(24)27(19-13-9-8-12-17(19)24)32(30,31)16-10-6-5-7-11-16/h5-13,18,20,23H,3-4,14-15H2,1-2H3,(H,25,28)/t18?,20-,23-,24+/m0/s1. The molecule has 0 saturated carbocycles. The van der Waals surface area contributed by atoms with Crippen LogP contribution in [0.5, 0.6) is 0 Å². The number of carbonyl (C=O) groups excluding carboxylic acids is 2. The van der Waals surface area contributed by atoms with E-state index >= 15 is 0 Å². The van der Waals surface area contributed by atoms with E-state index < -0.39 is 33.7 Å². The number of carbonyl (C=O) groups is 2. The molecule has 2 amide bonds. The number of hydrogen-bond acceptors (Lipinski definition) is 4. The highest BCUT2D eigenvalue weighted by molar-refractivity contribution is 7.92. The lowest BCUT2D eigenvalue weighted by molar-refractivity contribution is -0.149. The number of piperazine rings is 1. The summed E-state index contributed by atoms with van der Waals surface area (Å²) in [4.78, 5) is 28.3. The number of amides is 2. The van der Waals surface area contributed by atoms with Crippen molar-refractivity contribution in [3.8, 4) is 0 Å². The first-order valence-corrected chi connectivity index (χ1v) is 12.6. The molecular formula is C24H27N3O4S. The Kier molecular flexibility index (Phi) is 4.81. The van der Waals surface area contributed by atoms with Crippen LogP contribution in [0.4, 0.5) is 5.69 Å². The van der Waals surface area contributed by atoms with Gasteiger partial charge in [0.15, 0.2) is 0 Å². The van der Waals surface area contributed by atoms with Gasteiger partial charge in [0, 0.05) is 5.41 Å². The minimum Gasteiger partial charge on any atom is -0.343 e. The highest BCUT2D eigenvalue weighted by atomic mass is 32.2. The molecule has 0 aliphatic carbocycles. The van der Waals surface area contributed by atoms with Crippen LogP contribution in [-0.2, 0) is 25.0 Å². The van der Waals surface area contributed by atoms with Gasteiger partial charge < -0.3 is 10.2 Å². The molecule has 0 bridgehead atoms. The third kappa shape index (κ3) is 2.68. The Hall–Kier alpha value is -2.87. The summed E-state index contributed by atoms with van der Waals surface area (Å²) < 4.78 is 29.4. The highest BCUT2D eigenvalue weighted by Crippen LogP contribution is 2.58. The molecule has 7 nitrogen and oxygen atoms in total. The monoisotopic (exact) mass is 453 g/mol. The predicted molar refractivity (Wildman–Crippen MR) is 120 cm³/mol. The summed E-state index contributed by atoms with van der Waals surface area (Å²) in [6.07, 6.45) is 1.59. The molecule has 1 unspecified atom stereocenters. The molecule has 8 heteroatoms. The third-order valence-corrected chi connectivity index (χ3v) is 8.91. The smallest absolute Gasteiger partial charge is 0.266 e. The number of rotatable bonds is 5. The van der Waals surface area contributed by atoms with Crippen LogP contribution in [-0.4, -0.2) is 43.4 Å². The van der Waals surface area contributed by atoms with E-state index in [1.54, 1.807) is 35.2 Å². The molecule has 0 aromatic heterocycles. The summed E-state index contributed by atoms with van der Waals surface area (Å²) in [5.74, 6) is -0.406. The molecule has 4 atom stereocenters. The molecule has 2 aromatic rings. The Morgan fingerprint density at radius 3 is 2.41 bits per heavy atom. The minimum absolute atomic E-state index is 0.173. The maximum absolute atomic E-state index is 14.0. The van der Waals surface area contributed by atoms with Gasteiger partial charge in [0.2, 0.25) is 11.8 Å². The quantitative estimate of drug-likeness (QED) is 0.754. The number of benzene rings is 2. The molecule has 2 aromatic carbocycles. The fourth-order valence-electron chi connectivity index (χ4n) is 5.85. The molecule has 32 heavy (non-hydrogen) atoms. The Balaban J connectivity index is 1.76. The molecule has 5 rings (SSSR count). The van der Waals surface area contributed by atoms with Gasteiger partial charge in [-0.3, -0.25) is 9.59 Å². The van der Waals surface area contributed by atoms with Gasteiger partial charge in [0.1, 0.15) is 18.2 Å². The number of nitrogens with zero attached hydrogens (tertiary/aromatic N) is 2. The topological polar surface area (TPSA) is 86.8 Å². The van der Waals surface area contributed by atoms with Crippen molar-refractivity contribution in [1.82, 2.24) is 10.2 Å². The van der Waals surface area contributed by atoms with Crippen molar-refractivity contribution in [2.24, 2.45) is 0 Å². The minimum atomic E-state index is -3.97. The van der Waals surface area contributed by atoms with Crippen molar-refractivity contribution in [2.45, 2.75) is 68.1 Å². The lowest BCUT2D eigenvalue weighted by atomic mass is 9.74. The molecule has 3 heterocycles. The van der Waals surface area contributed by atoms with E-state index in [2.05, 4.69) is 12.2 Å². The summed E-state index contributed by atoms with van der Waals surface area (Å²) in [5, 5.41) is 2.85. The molecule has 168 valence electrons. The van der Waals surface area contributed by atoms with Crippen molar-refractivity contribution < 1.29 is 18.0 Å². The van der Waals surface area contributed by atoms with E-state index in [1.165, 1.54) is 4.31 Å². The summed E-state index contributed by atoms with van der Waals surface area (Å²) in [6, 6.07) is 14.5. The van der Waals surface area contributed by atoms with Gasteiger partial charge in [0.25, 0.3) is 10.0 Å². The van der Waals surface area contributed by atoms with Crippen molar-refractivity contribution in [1.29, 1.82) is 0 Å². The maximum atomic E-state index is 14.0. The molecule has 3 aliphatic heterocycles. The van der Waals surface area contributed by atoms with Crippen LogP contribution in [0.2, 0.25) is 0 Å². The largest absolute Gasteiger partial charge is 0.343 e. The van der Waals surface area contributed by atoms with Crippen molar-refractivity contribution in [3.05, 3.63) is 60.2 Å². The van der Waals surface area contributed by atoms with Gasteiger partial charge in [-0.15, -0.1) is 0 Å². The fourth-order valence-corrected chi connectivity index (χ4v) is 7.56. The van der Waals surface area contributed by atoms with E-state index in [4.69, 9.17) is 0 Å². The lowest BCUT2D eigenvalue weighted by Gasteiger charge is -2.42. The van der Waals surface area contributed by atoms with Gasteiger partial charge in [-0.2, -0.15) is 0 Å². The van der Waals surface area contributed by atoms with E-state index in [1.807, 2.05) is 31.2 Å². The van der Waals surface area contributed by atoms with Crippen molar-refractivity contribution in [3.63, 3.8) is 0 Å². The number of fused-ring (bicyclic) bond motifs is 5. The molecule has 0 radical (unpaired) electrons. The number of para-hydroxylation sites is 1. The van der Waals surface area contributed by atoms with E-state index in [-0.39, 0.29) is 16.7 Å². The second-order valence-corrected chi connectivity index (χ2v) is 10.7. The molecule has 2 fully saturated rings. The Morgan fingerprint density at radius 1 is 1.03 bits per heavy atom. The molecule has 3 aliphatic rings. The average molecular weight is 454 g/mol. The predicted octanol–water partition coefficient (Wildman–Crippen LogP) is 2.77. The van der Waals surface area contributed by atoms with Gasteiger partial charge in [-0.25, -0.2) is 12.7 Å². The molecule has 0 spiro atoms. The number of sulfonamides is 1. The van der Waals surface area contributed by atoms with Gasteiger partial charge in [-0.1, -0.05) is 56.7 Å². The van der Waals surface area contributed by atoms with E-state index in [0.717, 1.165) is 12.0 Å². The Morgan fingerprint density at radius 2 is 1.72 bits per heavy atom. The zero-order chi connectivity index (χ0) is 22.7. The summed E-state index contributed by atoms with van der Waals surface area (Å²) in [6.45, 7) is 3.90. The summed E-state index contributed by atoms with van der Waals surface area (Å²) in [7, 11) is -3.97. The van der Waals surface area contributed by atoms with Gasteiger partial charge in [-0.05, 0) is 43.0 Å². The summed E-state index contributed by atoms with van der Waals surface area (Å²) in [5.41, 5.74) is 0.863. The van der Waals surface area contributed by atoms with E-state index in [0.29, 0.717) is 24.9 Å². The lowest BCUT2D eigenvalue weighted by Crippen LogP contribution is -2.65. The van der Waals surface area contributed by atoms with Crippen LogP contribution in [0.15, 0.2) is 59.5 Å². The summed E-state index contributed by atoms with van der Waals surface area (Å²) >= 11 is 0. The zero-order valence-corrected chi connectivity index (χ0v) is 19.0. The fraction of sp³-hybridized carbons (Fsp3) is 0.417. The van der Waals surface area contributed by atoms with Crippen LogP contribution in [0.25, 0.3) is 0 Å². The van der Waals surface area contributed by atoms with E-state index in [9.17, 15) is 18.0 Å². The van der Waals surface area contributed by atoms with Gasteiger partial charge in [0.05, 0.1) is 10.6 Å². The zero-order valence-electron chi connectivity index (χ0n) is 18.2. The molecule has 1 N–H and O–H groups in total. The third-order valence-electron chi connectivity index (χ3n) is 7.13. The first-order chi connectivity index (χ1) is 15.4. The normalized spacial score (nSPS) is 28.9. The van der Waals surface area contributed by atoms with Crippen LogP contribution < -0.4 is 9.62 Å². The SMILES string of the molecule is CCC[C@]12C[C@H]3C(=O)NC(CC)C(=O)N3[C@H]1N(S(=O)(=O)c1ccccc1)c1ccccc12. The van der Waals surface area contributed by atoms with Crippen molar-refractivity contribution in [2.75, 3.05) is 4.31 Å².